The number of rotatable bonds is 4. The van der Waals surface area contributed by atoms with Crippen molar-refractivity contribution < 1.29 is 14.3 Å². The average Bonchev–Trinajstić information content (AvgIpc) is 2.97. The Kier molecular flexibility index (Phi) is 6.45. The Hall–Kier alpha value is -1.79. The lowest BCUT2D eigenvalue weighted by Gasteiger charge is -2.25. The minimum atomic E-state index is -0.290. The Bertz CT molecular complexity index is 590. The van der Waals surface area contributed by atoms with Crippen LogP contribution in [0.25, 0.3) is 0 Å². The van der Waals surface area contributed by atoms with Crippen LogP contribution in [0.5, 0.6) is 5.75 Å². The smallest absolute Gasteiger partial charge is 0.227 e. The number of benzene rings is 1. The minimum Gasteiger partial charge on any atom is -0.495 e. The summed E-state index contributed by atoms with van der Waals surface area (Å²) < 4.78 is 5.32. The molecule has 2 amide bonds. The van der Waals surface area contributed by atoms with Gasteiger partial charge in [-0.1, -0.05) is 12.1 Å². The van der Waals surface area contributed by atoms with Crippen molar-refractivity contribution in [2.75, 3.05) is 31.6 Å². The Morgan fingerprint density at radius 1 is 1.29 bits per heavy atom. The van der Waals surface area contributed by atoms with Crippen LogP contribution in [0.1, 0.15) is 19.3 Å². The average molecular weight is 354 g/mol. The molecule has 2 saturated heterocycles. The second kappa shape index (κ2) is 8.35. The SMILES string of the molecule is COc1ccccc1N1CC(C(=O)NC2CCNCC2)CC1=O.Cl. The van der Waals surface area contributed by atoms with Gasteiger partial charge in [0.15, 0.2) is 0 Å². The Labute approximate surface area is 148 Å². The van der Waals surface area contributed by atoms with Crippen LogP contribution >= 0.6 is 12.4 Å². The fourth-order valence-corrected chi connectivity index (χ4v) is 3.25. The summed E-state index contributed by atoms with van der Waals surface area (Å²) in [5, 5.41) is 6.37. The van der Waals surface area contributed by atoms with Gasteiger partial charge in [-0.3, -0.25) is 9.59 Å². The summed E-state index contributed by atoms with van der Waals surface area (Å²) in [7, 11) is 1.58. The van der Waals surface area contributed by atoms with Gasteiger partial charge in [-0.15, -0.1) is 12.4 Å². The van der Waals surface area contributed by atoms with Gasteiger partial charge >= 0.3 is 0 Å². The Morgan fingerprint density at radius 3 is 2.71 bits per heavy atom. The molecule has 24 heavy (non-hydrogen) atoms. The fraction of sp³-hybridized carbons (Fsp3) is 0.529. The van der Waals surface area contributed by atoms with E-state index in [1.807, 2.05) is 24.3 Å². The lowest BCUT2D eigenvalue weighted by Crippen LogP contribution is -2.45. The minimum absolute atomic E-state index is 0. The van der Waals surface area contributed by atoms with Gasteiger partial charge in [0.1, 0.15) is 5.75 Å². The number of carbonyl (C=O) groups is 2. The number of anilines is 1. The molecule has 2 aliphatic rings. The fourth-order valence-electron chi connectivity index (χ4n) is 3.25. The molecule has 2 fully saturated rings. The maximum absolute atomic E-state index is 12.4. The van der Waals surface area contributed by atoms with Crippen molar-refractivity contribution in [1.29, 1.82) is 0 Å². The molecule has 1 atom stereocenters. The normalized spacial score (nSPS) is 21.3. The van der Waals surface area contributed by atoms with Crippen molar-refractivity contribution >= 4 is 29.9 Å². The van der Waals surface area contributed by atoms with Crippen LogP contribution in [0.4, 0.5) is 5.69 Å². The van der Waals surface area contributed by atoms with Crippen molar-refractivity contribution in [3.63, 3.8) is 0 Å². The van der Waals surface area contributed by atoms with Crippen molar-refractivity contribution in [1.82, 2.24) is 10.6 Å². The molecule has 2 heterocycles. The number of methoxy groups -OCH3 is 1. The molecule has 2 aliphatic heterocycles. The van der Waals surface area contributed by atoms with Gasteiger partial charge in [-0.25, -0.2) is 0 Å². The standard InChI is InChI=1S/C17H23N3O3.ClH/c1-23-15-5-3-2-4-14(15)20-11-12(10-16(20)21)17(22)19-13-6-8-18-9-7-13;/h2-5,12-13,18H,6-11H2,1H3,(H,19,22);1H. The molecule has 0 aromatic heterocycles. The molecule has 0 bridgehead atoms. The van der Waals surface area contributed by atoms with Crippen LogP contribution in [-0.2, 0) is 9.59 Å². The molecule has 2 N–H and O–H groups in total. The molecular formula is C17H24ClN3O3. The first kappa shape index (κ1) is 18.5. The number of nitrogens with one attached hydrogen (secondary N) is 2. The predicted molar refractivity (Wildman–Crippen MR) is 94.7 cm³/mol. The highest BCUT2D eigenvalue weighted by atomic mass is 35.5. The Morgan fingerprint density at radius 2 is 2.00 bits per heavy atom. The molecule has 0 saturated carbocycles. The van der Waals surface area contributed by atoms with E-state index in [2.05, 4.69) is 10.6 Å². The highest BCUT2D eigenvalue weighted by Gasteiger charge is 2.36. The molecular weight excluding hydrogens is 330 g/mol. The molecule has 0 aliphatic carbocycles. The molecule has 6 nitrogen and oxygen atoms in total. The van der Waals surface area contributed by atoms with Crippen LogP contribution in [0.3, 0.4) is 0 Å². The summed E-state index contributed by atoms with van der Waals surface area (Å²) in [6.45, 7) is 2.28. The quantitative estimate of drug-likeness (QED) is 0.857. The van der Waals surface area contributed by atoms with Gasteiger partial charge < -0.3 is 20.3 Å². The topological polar surface area (TPSA) is 70.7 Å². The van der Waals surface area contributed by atoms with E-state index in [1.54, 1.807) is 12.0 Å². The van der Waals surface area contributed by atoms with E-state index in [0.717, 1.165) is 31.6 Å². The number of para-hydroxylation sites is 2. The summed E-state index contributed by atoms with van der Waals surface area (Å²) in [6.07, 6.45) is 2.15. The number of ether oxygens (including phenoxy) is 1. The summed E-state index contributed by atoms with van der Waals surface area (Å²) in [5.74, 6) is 0.324. The third-order valence-corrected chi connectivity index (χ3v) is 4.56. The van der Waals surface area contributed by atoms with Crippen LogP contribution < -0.4 is 20.3 Å². The number of halogens is 1. The van der Waals surface area contributed by atoms with Gasteiger partial charge in [-0.05, 0) is 38.1 Å². The number of hydrogen-bond acceptors (Lipinski definition) is 4. The van der Waals surface area contributed by atoms with Crippen LogP contribution in [0.2, 0.25) is 0 Å². The lowest BCUT2D eigenvalue weighted by molar-refractivity contribution is -0.127. The maximum atomic E-state index is 12.4. The first-order valence-electron chi connectivity index (χ1n) is 8.13. The number of carbonyl (C=O) groups excluding carboxylic acids is 2. The summed E-state index contributed by atoms with van der Waals surface area (Å²) in [6, 6.07) is 7.63. The largest absolute Gasteiger partial charge is 0.495 e. The highest BCUT2D eigenvalue weighted by molar-refractivity contribution is 6.01. The van der Waals surface area contributed by atoms with Gasteiger partial charge in [0, 0.05) is 19.0 Å². The van der Waals surface area contributed by atoms with Crippen molar-refractivity contribution in [3.05, 3.63) is 24.3 Å². The molecule has 1 aromatic rings. The van der Waals surface area contributed by atoms with Gasteiger partial charge in [0.05, 0.1) is 18.7 Å². The van der Waals surface area contributed by atoms with E-state index in [1.165, 1.54) is 0 Å². The van der Waals surface area contributed by atoms with Gasteiger partial charge in [0.2, 0.25) is 11.8 Å². The van der Waals surface area contributed by atoms with Crippen molar-refractivity contribution in [3.8, 4) is 5.75 Å². The molecule has 3 rings (SSSR count). The van der Waals surface area contributed by atoms with Gasteiger partial charge in [-0.2, -0.15) is 0 Å². The summed E-state index contributed by atoms with van der Waals surface area (Å²) >= 11 is 0. The summed E-state index contributed by atoms with van der Waals surface area (Å²) in [4.78, 5) is 26.4. The number of hydrogen-bond donors (Lipinski definition) is 2. The predicted octanol–water partition coefficient (Wildman–Crippen LogP) is 1.34. The second-order valence-electron chi connectivity index (χ2n) is 6.11. The van der Waals surface area contributed by atoms with Crippen LogP contribution in [0.15, 0.2) is 24.3 Å². The molecule has 132 valence electrons. The molecule has 0 radical (unpaired) electrons. The first-order chi connectivity index (χ1) is 11.2. The zero-order valence-corrected chi connectivity index (χ0v) is 14.6. The lowest BCUT2D eigenvalue weighted by atomic mass is 10.0. The molecule has 7 heteroatoms. The van der Waals surface area contributed by atoms with E-state index in [-0.39, 0.29) is 42.6 Å². The van der Waals surface area contributed by atoms with E-state index in [4.69, 9.17) is 4.74 Å². The van der Waals surface area contributed by atoms with Crippen LogP contribution in [-0.4, -0.2) is 44.6 Å². The van der Waals surface area contributed by atoms with E-state index < -0.39 is 0 Å². The highest BCUT2D eigenvalue weighted by Crippen LogP contribution is 2.32. The van der Waals surface area contributed by atoms with Gasteiger partial charge in [0.25, 0.3) is 0 Å². The van der Waals surface area contributed by atoms with E-state index >= 15 is 0 Å². The van der Waals surface area contributed by atoms with Crippen molar-refractivity contribution in [2.24, 2.45) is 5.92 Å². The maximum Gasteiger partial charge on any atom is 0.227 e. The number of piperidine rings is 1. The third-order valence-electron chi connectivity index (χ3n) is 4.56. The molecule has 0 spiro atoms. The van der Waals surface area contributed by atoms with Crippen LogP contribution in [0, 0.1) is 5.92 Å². The second-order valence-corrected chi connectivity index (χ2v) is 6.11. The Balaban J connectivity index is 0.00000208. The first-order valence-corrected chi connectivity index (χ1v) is 8.13. The summed E-state index contributed by atoms with van der Waals surface area (Å²) in [5.41, 5.74) is 0.733. The van der Waals surface area contributed by atoms with E-state index in [9.17, 15) is 9.59 Å². The molecule has 1 unspecified atom stereocenters. The van der Waals surface area contributed by atoms with E-state index in [0.29, 0.717) is 12.3 Å². The molecule has 1 aromatic carbocycles. The number of nitrogens with zero attached hydrogens (tertiary/aromatic N) is 1. The number of amides is 2. The monoisotopic (exact) mass is 353 g/mol. The van der Waals surface area contributed by atoms with Crippen molar-refractivity contribution in [2.45, 2.75) is 25.3 Å². The zero-order valence-electron chi connectivity index (χ0n) is 13.8. The third kappa shape index (κ3) is 3.99. The zero-order chi connectivity index (χ0) is 16.2.